The van der Waals surface area contributed by atoms with Gasteiger partial charge in [0.05, 0.1) is 16.0 Å². The van der Waals surface area contributed by atoms with Crippen molar-refractivity contribution in [3.63, 3.8) is 0 Å². The van der Waals surface area contributed by atoms with E-state index in [1.54, 1.807) is 12.1 Å². The Hall–Kier alpha value is -2.83. The van der Waals surface area contributed by atoms with Crippen molar-refractivity contribution >= 4 is 21.4 Å². The number of ether oxygens (including phenoxy) is 1. The van der Waals surface area contributed by atoms with E-state index in [-0.39, 0.29) is 22.5 Å². The maximum Gasteiger partial charge on any atom is 0.266 e. The molecule has 0 aromatic heterocycles. The predicted octanol–water partition coefficient (Wildman–Crippen LogP) is 4.35. The van der Waals surface area contributed by atoms with Crippen LogP contribution < -0.4 is 9.62 Å². The first kappa shape index (κ1) is 18.0. The van der Waals surface area contributed by atoms with Crippen molar-refractivity contribution in [3.8, 4) is 0 Å². The number of para-hydroxylation sites is 2. The molecule has 3 aromatic rings. The number of benzene rings is 3. The van der Waals surface area contributed by atoms with E-state index in [1.807, 2.05) is 55.5 Å². The monoisotopic (exact) mass is 418 g/mol. The molecule has 1 N–H and O–H groups in total. The Balaban J connectivity index is 1.54. The lowest BCUT2D eigenvalue weighted by atomic mass is 9.71. The third-order valence-corrected chi connectivity index (χ3v) is 8.65. The van der Waals surface area contributed by atoms with Gasteiger partial charge in [0.25, 0.3) is 10.0 Å². The lowest BCUT2D eigenvalue weighted by Gasteiger charge is -2.29. The zero-order valence-electron chi connectivity index (χ0n) is 16.7. The molecule has 6 rings (SSSR count). The highest BCUT2D eigenvalue weighted by atomic mass is 32.2. The highest BCUT2D eigenvalue weighted by Crippen LogP contribution is 2.62. The molecule has 3 heterocycles. The number of sulfonamides is 1. The quantitative estimate of drug-likeness (QED) is 0.672. The molecule has 3 aliphatic heterocycles. The number of rotatable bonds is 2. The fraction of sp³-hybridized carbons (Fsp3) is 0.250. The van der Waals surface area contributed by atoms with Crippen LogP contribution in [0.25, 0.3) is 0 Å². The van der Waals surface area contributed by atoms with Crippen molar-refractivity contribution in [3.05, 3.63) is 89.5 Å². The van der Waals surface area contributed by atoms with Crippen LogP contribution in [0.5, 0.6) is 0 Å². The summed E-state index contributed by atoms with van der Waals surface area (Å²) in [7, 11) is -3.78. The Morgan fingerprint density at radius 2 is 1.67 bits per heavy atom. The fourth-order valence-corrected chi connectivity index (χ4v) is 6.95. The molecule has 1 saturated heterocycles. The van der Waals surface area contributed by atoms with Crippen LogP contribution in [-0.4, -0.2) is 20.9 Å². The van der Waals surface area contributed by atoms with Gasteiger partial charge in [-0.15, -0.1) is 0 Å². The normalized spacial score (nSPS) is 28.5. The average Bonchev–Trinajstić information content (AvgIpc) is 3.31. The minimum Gasteiger partial charge on any atom is -0.359 e. The molecule has 3 aromatic carbocycles. The number of hydrogen-bond donors (Lipinski definition) is 1. The molecule has 4 atom stereocenters. The van der Waals surface area contributed by atoms with Gasteiger partial charge < -0.3 is 10.1 Å². The summed E-state index contributed by atoms with van der Waals surface area (Å²) in [5.74, 6) is -0.102. The second-order valence-electron chi connectivity index (χ2n) is 8.53. The Kier molecular flexibility index (Phi) is 3.51. The van der Waals surface area contributed by atoms with Crippen molar-refractivity contribution in [2.24, 2.45) is 0 Å². The molecule has 0 amide bonds. The molecule has 3 aliphatic rings. The van der Waals surface area contributed by atoms with E-state index >= 15 is 0 Å². The third kappa shape index (κ3) is 2.13. The van der Waals surface area contributed by atoms with Crippen LogP contribution in [0.15, 0.2) is 77.7 Å². The molecule has 152 valence electrons. The minimum atomic E-state index is -3.78. The summed E-state index contributed by atoms with van der Waals surface area (Å²) in [5, 5.41) is 3.47. The summed E-state index contributed by atoms with van der Waals surface area (Å²) >= 11 is 0. The van der Waals surface area contributed by atoms with Gasteiger partial charge in [0, 0.05) is 11.6 Å². The number of nitrogens with zero attached hydrogens (tertiary/aromatic N) is 1. The number of fused-ring (bicyclic) bond motifs is 7. The Morgan fingerprint density at radius 1 is 0.967 bits per heavy atom. The predicted molar refractivity (Wildman–Crippen MR) is 116 cm³/mol. The van der Waals surface area contributed by atoms with E-state index in [1.165, 1.54) is 9.87 Å². The molecular weight excluding hydrogens is 396 g/mol. The summed E-state index contributed by atoms with van der Waals surface area (Å²) in [5.41, 5.74) is 4.61. The summed E-state index contributed by atoms with van der Waals surface area (Å²) in [4.78, 5) is 0.280. The largest absolute Gasteiger partial charge is 0.359 e. The highest BCUT2D eigenvalue weighted by Gasteiger charge is 2.65. The van der Waals surface area contributed by atoms with E-state index in [4.69, 9.17) is 4.74 Å². The topological polar surface area (TPSA) is 58.6 Å². The maximum atomic E-state index is 13.7. The van der Waals surface area contributed by atoms with Crippen LogP contribution >= 0.6 is 0 Å². The van der Waals surface area contributed by atoms with E-state index in [0.29, 0.717) is 5.69 Å². The van der Waals surface area contributed by atoms with Crippen LogP contribution in [0.2, 0.25) is 0 Å². The molecular formula is C24H22N2O3S. The lowest BCUT2D eigenvalue weighted by Crippen LogP contribution is -2.40. The Bertz CT molecular complexity index is 1270. The van der Waals surface area contributed by atoms with Crippen molar-refractivity contribution in [1.29, 1.82) is 0 Å². The van der Waals surface area contributed by atoms with E-state index in [2.05, 4.69) is 24.4 Å². The maximum absolute atomic E-state index is 13.7. The first-order valence-corrected chi connectivity index (χ1v) is 11.6. The Labute approximate surface area is 176 Å². The van der Waals surface area contributed by atoms with Crippen LogP contribution in [0.3, 0.4) is 0 Å². The summed E-state index contributed by atoms with van der Waals surface area (Å²) < 4.78 is 35.4. The van der Waals surface area contributed by atoms with Gasteiger partial charge in [-0.05, 0) is 42.3 Å². The van der Waals surface area contributed by atoms with Crippen LogP contribution in [0, 0.1) is 6.92 Å². The van der Waals surface area contributed by atoms with Crippen LogP contribution in [0.1, 0.15) is 29.5 Å². The summed E-state index contributed by atoms with van der Waals surface area (Å²) in [6.07, 6.45) is -0.876. The van der Waals surface area contributed by atoms with Gasteiger partial charge in [-0.1, -0.05) is 61.0 Å². The van der Waals surface area contributed by atoms with E-state index in [9.17, 15) is 8.42 Å². The van der Waals surface area contributed by atoms with Crippen LogP contribution in [0.4, 0.5) is 11.4 Å². The van der Waals surface area contributed by atoms with Gasteiger partial charge in [-0.2, -0.15) is 0 Å². The lowest BCUT2D eigenvalue weighted by molar-refractivity contribution is 0.0583. The van der Waals surface area contributed by atoms with Gasteiger partial charge in [-0.25, -0.2) is 12.7 Å². The molecule has 0 aliphatic carbocycles. The zero-order valence-corrected chi connectivity index (χ0v) is 17.6. The second-order valence-corrected chi connectivity index (χ2v) is 10.3. The summed E-state index contributed by atoms with van der Waals surface area (Å²) in [6.45, 7) is 4.13. The molecule has 6 heteroatoms. The molecule has 0 unspecified atom stereocenters. The van der Waals surface area contributed by atoms with Gasteiger partial charge in [0.15, 0.2) is 6.23 Å². The van der Waals surface area contributed by atoms with Gasteiger partial charge >= 0.3 is 0 Å². The molecule has 0 radical (unpaired) electrons. The first-order valence-electron chi connectivity index (χ1n) is 10.1. The second kappa shape index (κ2) is 5.86. The Morgan fingerprint density at radius 3 is 2.47 bits per heavy atom. The third-order valence-electron chi connectivity index (χ3n) is 6.86. The molecule has 0 bridgehead atoms. The molecule has 30 heavy (non-hydrogen) atoms. The van der Waals surface area contributed by atoms with Gasteiger partial charge in [0.1, 0.15) is 6.23 Å². The summed E-state index contributed by atoms with van der Waals surface area (Å²) in [6, 6.07) is 23.0. The van der Waals surface area contributed by atoms with E-state index < -0.39 is 16.3 Å². The minimum absolute atomic E-state index is 0.102. The first-order chi connectivity index (χ1) is 14.4. The number of nitrogens with one attached hydrogen (secondary N) is 1. The average molecular weight is 419 g/mol. The SMILES string of the molecule is Cc1ccc(S(=O)(=O)N2c3ccccc3[C@H]3[C@@H]2O[C@H]2Nc4ccccc4[C@]23C)cc1. The van der Waals surface area contributed by atoms with Crippen LogP contribution in [-0.2, 0) is 20.2 Å². The van der Waals surface area contributed by atoms with Gasteiger partial charge in [-0.3, -0.25) is 0 Å². The number of aryl methyl sites for hydroxylation is 1. The van der Waals surface area contributed by atoms with Crippen molar-refractivity contribution in [2.45, 2.75) is 42.5 Å². The van der Waals surface area contributed by atoms with Crippen molar-refractivity contribution in [2.75, 3.05) is 9.62 Å². The van der Waals surface area contributed by atoms with Crippen molar-refractivity contribution < 1.29 is 13.2 Å². The number of anilines is 2. The zero-order chi connectivity index (χ0) is 20.7. The molecule has 0 spiro atoms. The van der Waals surface area contributed by atoms with Gasteiger partial charge in [0.2, 0.25) is 0 Å². The smallest absolute Gasteiger partial charge is 0.266 e. The highest BCUT2D eigenvalue weighted by molar-refractivity contribution is 7.92. The number of hydrogen-bond acceptors (Lipinski definition) is 4. The standard InChI is InChI=1S/C24H22N2O3S/c1-15-11-13-16(14-12-15)30(27,28)26-20-10-6-3-7-17(20)21-22(26)29-23-24(21,2)18-8-4-5-9-19(18)25-23/h3-14,21-23,25H,1-2H3/t21-,22-,23+,24-/m0/s1. The molecule has 1 fully saturated rings. The molecule has 5 nitrogen and oxygen atoms in total. The molecule has 0 saturated carbocycles. The van der Waals surface area contributed by atoms with Crippen molar-refractivity contribution in [1.82, 2.24) is 0 Å². The fourth-order valence-electron chi connectivity index (χ4n) is 5.38. The van der Waals surface area contributed by atoms with E-state index in [0.717, 1.165) is 16.8 Å².